The molecule has 3 rings (SSSR count). The third kappa shape index (κ3) is 5.33. The number of aromatic nitrogens is 3. The molecule has 28 heavy (non-hydrogen) atoms. The van der Waals surface area contributed by atoms with Gasteiger partial charge in [0, 0.05) is 16.3 Å². The van der Waals surface area contributed by atoms with Crippen LogP contribution in [0, 0.1) is 0 Å². The van der Waals surface area contributed by atoms with Crippen LogP contribution < -0.4 is 4.52 Å². The first-order valence-electron chi connectivity index (χ1n) is 7.64. The molecule has 0 saturated carbocycles. The number of hydrogen-bond donors (Lipinski definition) is 2. The molecule has 6 nitrogen and oxygen atoms in total. The highest BCUT2D eigenvalue weighted by atomic mass is 79.9. The topological polar surface area (TPSA) is 88.1 Å². The maximum Gasteiger partial charge on any atom is 0.442 e. The molecule has 1 atom stereocenters. The molecule has 0 aliphatic rings. The van der Waals surface area contributed by atoms with Crippen LogP contribution in [0.2, 0.25) is 5.02 Å². The van der Waals surface area contributed by atoms with Gasteiger partial charge in [-0.05, 0) is 57.9 Å². The largest absolute Gasteiger partial charge is 0.442 e. The SMILES string of the molecule is O=P(O)(Oc1ccc(CSc2n[nH]c(-c3ccc(Cl)cc3)n2)cc1Br)C(F)F. The molecule has 2 N–H and O–H groups in total. The highest BCUT2D eigenvalue weighted by Gasteiger charge is 2.34. The second-order valence-electron chi connectivity index (χ2n) is 5.46. The molecule has 0 saturated heterocycles. The number of nitrogens with one attached hydrogen (secondary N) is 1. The molecule has 0 aliphatic carbocycles. The summed E-state index contributed by atoms with van der Waals surface area (Å²) in [5.74, 6) is 0.959. The van der Waals surface area contributed by atoms with E-state index in [0.29, 0.717) is 21.8 Å². The van der Waals surface area contributed by atoms with Crippen molar-refractivity contribution in [2.75, 3.05) is 0 Å². The molecular weight excluding hydrogens is 499 g/mol. The molecule has 2 aromatic carbocycles. The van der Waals surface area contributed by atoms with Gasteiger partial charge < -0.3 is 9.42 Å². The lowest BCUT2D eigenvalue weighted by Crippen LogP contribution is -2.01. The van der Waals surface area contributed by atoms with Crippen LogP contribution >= 0.6 is 46.9 Å². The number of rotatable bonds is 7. The van der Waals surface area contributed by atoms with Gasteiger partial charge in [0.1, 0.15) is 5.75 Å². The summed E-state index contributed by atoms with van der Waals surface area (Å²) in [7, 11) is -5.02. The minimum atomic E-state index is -5.02. The van der Waals surface area contributed by atoms with E-state index in [-0.39, 0.29) is 10.2 Å². The van der Waals surface area contributed by atoms with Crippen molar-refractivity contribution in [2.45, 2.75) is 17.1 Å². The number of H-pyrrole nitrogens is 1. The van der Waals surface area contributed by atoms with E-state index in [1.807, 2.05) is 12.1 Å². The van der Waals surface area contributed by atoms with Crippen molar-refractivity contribution < 1.29 is 22.8 Å². The smallest absolute Gasteiger partial charge is 0.420 e. The first-order chi connectivity index (χ1) is 13.2. The van der Waals surface area contributed by atoms with Gasteiger partial charge in [-0.15, -0.1) is 5.10 Å². The summed E-state index contributed by atoms with van der Waals surface area (Å²) in [5, 5.41) is 8.15. The van der Waals surface area contributed by atoms with E-state index in [1.54, 1.807) is 24.3 Å². The number of benzene rings is 2. The van der Waals surface area contributed by atoms with E-state index in [9.17, 15) is 13.3 Å². The van der Waals surface area contributed by atoms with E-state index in [1.165, 1.54) is 17.8 Å². The molecule has 0 radical (unpaired) electrons. The minimum absolute atomic E-state index is 0.136. The molecule has 0 bridgehead atoms. The monoisotopic (exact) mass is 509 g/mol. The average molecular weight is 511 g/mol. The lowest BCUT2D eigenvalue weighted by molar-refractivity contribution is 0.188. The fourth-order valence-corrected chi connectivity index (χ4v) is 4.10. The molecule has 0 aliphatic heterocycles. The zero-order valence-corrected chi connectivity index (χ0v) is 17.9. The Balaban J connectivity index is 1.64. The maximum atomic E-state index is 12.5. The van der Waals surface area contributed by atoms with Gasteiger partial charge in [0.2, 0.25) is 5.16 Å². The van der Waals surface area contributed by atoms with Crippen LogP contribution in [0.1, 0.15) is 5.56 Å². The van der Waals surface area contributed by atoms with Gasteiger partial charge in [0.25, 0.3) is 0 Å². The fraction of sp³-hybridized carbons (Fsp3) is 0.125. The number of hydrogen-bond acceptors (Lipinski definition) is 5. The quantitative estimate of drug-likeness (QED) is 0.301. The highest BCUT2D eigenvalue weighted by molar-refractivity contribution is 9.10. The summed E-state index contributed by atoms with van der Waals surface area (Å²) in [5.41, 5.74) is 1.66. The van der Waals surface area contributed by atoms with Gasteiger partial charge in [-0.1, -0.05) is 29.4 Å². The van der Waals surface area contributed by atoms with Crippen molar-refractivity contribution >= 4 is 46.9 Å². The van der Waals surface area contributed by atoms with Crippen LogP contribution in [0.15, 0.2) is 52.1 Å². The fourth-order valence-electron chi connectivity index (χ4n) is 2.08. The van der Waals surface area contributed by atoms with Crippen molar-refractivity contribution in [1.29, 1.82) is 0 Å². The first-order valence-corrected chi connectivity index (χ1v) is 11.4. The number of aromatic amines is 1. The predicted molar refractivity (Wildman–Crippen MR) is 107 cm³/mol. The van der Waals surface area contributed by atoms with Crippen LogP contribution in [0.3, 0.4) is 0 Å². The molecule has 148 valence electrons. The third-order valence-corrected chi connectivity index (χ3v) is 6.16. The van der Waals surface area contributed by atoms with Crippen molar-refractivity contribution in [3.8, 4) is 17.1 Å². The van der Waals surface area contributed by atoms with Gasteiger partial charge in [-0.2, -0.15) is 8.78 Å². The van der Waals surface area contributed by atoms with Gasteiger partial charge in [-0.3, -0.25) is 5.10 Å². The number of nitrogens with zero attached hydrogens (tertiary/aromatic N) is 2. The van der Waals surface area contributed by atoms with Crippen molar-refractivity contribution in [1.82, 2.24) is 15.2 Å². The molecule has 1 heterocycles. The third-order valence-electron chi connectivity index (χ3n) is 3.42. The van der Waals surface area contributed by atoms with Gasteiger partial charge in [0.05, 0.1) is 4.47 Å². The molecular formula is C16H12BrClF2N3O3PS. The van der Waals surface area contributed by atoms with Crippen LogP contribution in [-0.4, -0.2) is 26.2 Å². The standard InChI is InChI=1S/C16H12BrClF2N3O3PS/c17-12-7-9(1-6-13(12)26-27(24,25)15(19)20)8-28-16-21-14(22-23-16)10-2-4-11(18)5-3-10/h1-7,15H,8H2,(H,24,25)(H,21,22,23). The predicted octanol–water partition coefficient (Wildman–Crippen LogP) is 5.97. The molecule has 0 fully saturated rings. The van der Waals surface area contributed by atoms with Crippen LogP contribution in [0.5, 0.6) is 5.75 Å². The Morgan fingerprint density at radius 3 is 2.64 bits per heavy atom. The number of thioether (sulfide) groups is 1. The number of alkyl halides is 2. The van der Waals surface area contributed by atoms with E-state index < -0.39 is 13.8 Å². The summed E-state index contributed by atoms with van der Waals surface area (Å²) in [6.07, 6.45) is -3.48. The summed E-state index contributed by atoms with van der Waals surface area (Å²) in [4.78, 5) is 13.5. The van der Waals surface area contributed by atoms with E-state index in [4.69, 9.17) is 16.5 Å². The van der Waals surface area contributed by atoms with Gasteiger partial charge in [0.15, 0.2) is 5.82 Å². The molecule has 3 aromatic rings. The van der Waals surface area contributed by atoms with Crippen LogP contribution in [0.25, 0.3) is 11.4 Å². The molecule has 1 aromatic heterocycles. The Labute approximate surface area is 176 Å². The average Bonchev–Trinajstić information content (AvgIpc) is 3.11. The van der Waals surface area contributed by atoms with Crippen molar-refractivity contribution in [3.05, 3.63) is 57.5 Å². The molecule has 1 unspecified atom stereocenters. The first kappa shape index (κ1) is 21.3. The normalized spacial score (nSPS) is 13.5. The second-order valence-corrected chi connectivity index (χ2v) is 9.39. The Bertz CT molecular complexity index is 1020. The van der Waals surface area contributed by atoms with Crippen LogP contribution in [-0.2, 0) is 10.3 Å². The van der Waals surface area contributed by atoms with E-state index in [2.05, 4.69) is 35.6 Å². The summed E-state index contributed by atoms with van der Waals surface area (Å²) in [6.45, 7) is 0. The number of halogens is 4. The summed E-state index contributed by atoms with van der Waals surface area (Å²) < 4.78 is 41.1. The molecule has 12 heteroatoms. The Morgan fingerprint density at radius 2 is 2.00 bits per heavy atom. The van der Waals surface area contributed by atoms with Crippen LogP contribution in [0.4, 0.5) is 8.78 Å². The zero-order chi connectivity index (χ0) is 20.3. The van der Waals surface area contributed by atoms with E-state index in [0.717, 1.165) is 11.1 Å². The lowest BCUT2D eigenvalue weighted by Gasteiger charge is -2.14. The Hall–Kier alpha value is -1.45. The minimum Gasteiger partial charge on any atom is -0.420 e. The zero-order valence-electron chi connectivity index (χ0n) is 13.9. The molecule has 0 spiro atoms. The van der Waals surface area contributed by atoms with Gasteiger partial charge >= 0.3 is 13.8 Å². The Morgan fingerprint density at radius 1 is 1.29 bits per heavy atom. The highest BCUT2D eigenvalue weighted by Crippen LogP contribution is 2.50. The van der Waals surface area contributed by atoms with Gasteiger partial charge in [-0.25, -0.2) is 9.55 Å². The lowest BCUT2D eigenvalue weighted by atomic mass is 10.2. The van der Waals surface area contributed by atoms with Crippen molar-refractivity contribution in [2.24, 2.45) is 0 Å². The molecule has 0 amide bonds. The second kappa shape index (κ2) is 8.92. The summed E-state index contributed by atoms with van der Waals surface area (Å²) in [6, 6.07) is 11.7. The Kier molecular flexibility index (Phi) is 6.77. The summed E-state index contributed by atoms with van der Waals surface area (Å²) >= 11 is 10.4. The van der Waals surface area contributed by atoms with Crippen molar-refractivity contribution in [3.63, 3.8) is 0 Å². The van der Waals surface area contributed by atoms with E-state index >= 15 is 0 Å². The maximum absolute atomic E-state index is 12.5.